The van der Waals surface area contributed by atoms with E-state index < -0.39 is 0 Å². The van der Waals surface area contributed by atoms with E-state index in [0.29, 0.717) is 18.1 Å². The summed E-state index contributed by atoms with van der Waals surface area (Å²) >= 11 is 6.29. The van der Waals surface area contributed by atoms with Crippen molar-refractivity contribution < 1.29 is 9.59 Å². The van der Waals surface area contributed by atoms with E-state index in [2.05, 4.69) is 15.9 Å². The minimum Gasteiger partial charge on any atom is -0.276 e. The molecule has 3 nitrogen and oxygen atoms in total. The summed E-state index contributed by atoms with van der Waals surface area (Å²) in [5.74, 6) is 0.665. The second-order valence-corrected chi connectivity index (χ2v) is 6.61. The van der Waals surface area contributed by atoms with E-state index in [4.69, 9.17) is 0 Å². The molecule has 1 aromatic rings. The Kier molecular flexibility index (Phi) is 3.48. The molecular formula is C9H8BrNO2S2. The smallest absolute Gasteiger partial charge is 0.239 e. The number of hydrogen-bond acceptors (Lipinski definition) is 4. The number of carbonyl (C=O) groups is 2. The number of nitrogens with zero attached hydrogens (tertiary/aromatic N) is 1. The van der Waals surface area contributed by atoms with Crippen LogP contribution in [-0.2, 0) is 16.1 Å². The van der Waals surface area contributed by atoms with Crippen molar-refractivity contribution in [3.63, 3.8) is 0 Å². The molecule has 6 heteroatoms. The molecule has 1 aromatic heterocycles. The molecular weight excluding hydrogens is 298 g/mol. The third-order valence-electron chi connectivity index (χ3n) is 2.00. The second kappa shape index (κ2) is 4.67. The van der Waals surface area contributed by atoms with Crippen LogP contribution in [0.3, 0.4) is 0 Å². The molecule has 0 aromatic carbocycles. The lowest BCUT2D eigenvalue weighted by molar-refractivity contribution is -0.142. The predicted molar refractivity (Wildman–Crippen MR) is 64.9 cm³/mol. The molecule has 2 heterocycles. The molecule has 0 radical (unpaired) electrons. The Balaban J connectivity index is 2.09. The van der Waals surface area contributed by atoms with Crippen LogP contribution < -0.4 is 0 Å². The van der Waals surface area contributed by atoms with Crippen LogP contribution in [-0.4, -0.2) is 28.2 Å². The minimum absolute atomic E-state index is 0.0826. The molecule has 0 N–H and O–H groups in total. The average Bonchev–Trinajstić information content (AvgIpc) is 2.58. The van der Waals surface area contributed by atoms with E-state index in [0.717, 1.165) is 8.66 Å². The van der Waals surface area contributed by atoms with E-state index in [9.17, 15) is 9.59 Å². The Morgan fingerprint density at radius 3 is 2.47 bits per heavy atom. The van der Waals surface area contributed by atoms with Crippen LogP contribution in [0, 0.1) is 0 Å². The summed E-state index contributed by atoms with van der Waals surface area (Å²) in [7, 11) is 0. The highest BCUT2D eigenvalue weighted by atomic mass is 79.9. The molecule has 0 bridgehead atoms. The van der Waals surface area contributed by atoms with Gasteiger partial charge in [-0.1, -0.05) is 0 Å². The number of halogens is 1. The molecule has 0 saturated carbocycles. The molecule has 1 fully saturated rings. The van der Waals surface area contributed by atoms with Gasteiger partial charge in [0.2, 0.25) is 11.8 Å². The van der Waals surface area contributed by atoms with Gasteiger partial charge in [-0.25, -0.2) is 0 Å². The van der Waals surface area contributed by atoms with Crippen molar-refractivity contribution in [1.29, 1.82) is 0 Å². The van der Waals surface area contributed by atoms with E-state index >= 15 is 0 Å². The summed E-state index contributed by atoms with van der Waals surface area (Å²) in [4.78, 5) is 25.4. The van der Waals surface area contributed by atoms with E-state index in [-0.39, 0.29) is 11.8 Å². The zero-order chi connectivity index (χ0) is 10.8. The number of rotatable bonds is 2. The second-order valence-electron chi connectivity index (χ2n) is 3.07. The Hall–Kier alpha value is -0.330. The summed E-state index contributed by atoms with van der Waals surface area (Å²) in [6.45, 7) is 0.411. The van der Waals surface area contributed by atoms with Crippen LogP contribution in [0.15, 0.2) is 15.9 Å². The molecule has 0 unspecified atom stereocenters. The van der Waals surface area contributed by atoms with Gasteiger partial charge in [0.1, 0.15) is 0 Å². The molecule has 0 atom stereocenters. The molecule has 0 spiro atoms. The minimum atomic E-state index is -0.0826. The normalized spacial score (nSPS) is 17.3. The maximum atomic E-state index is 11.5. The summed E-state index contributed by atoms with van der Waals surface area (Å²) in [6, 6.07) is 3.85. The molecule has 0 aliphatic carbocycles. The first-order valence-corrected chi connectivity index (χ1v) is 7.08. The van der Waals surface area contributed by atoms with Crippen LogP contribution in [0.2, 0.25) is 0 Å². The fourth-order valence-corrected chi connectivity index (χ4v) is 3.52. The molecule has 15 heavy (non-hydrogen) atoms. The average molecular weight is 306 g/mol. The summed E-state index contributed by atoms with van der Waals surface area (Å²) < 4.78 is 1.02. The standard InChI is InChI=1S/C9H8BrNO2S2/c10-7-2-1-6(15-7)3-11-8(12)4-14-5-9(11)13/h1-2H,3-5H2. The van der Waals surface area contributed by atoms with Crippen molar-refractivity contribution >= 4 is 50.8 Å². The summed E-state index contributed by atoms with van der Waals surface area (Å²) in [5.41, 5.74) is 0. The Morgan fingerprint density at radius 2 is 1.93 bits per heavy atom. The maximum Gasteiger partial charge on any atom is 0.239 e. The van der Waals surface area contributed by atoms with Crippen molar-refractivity contribution in [2.75, 3.05) is 11.5 Å². The lowest BCUT2D eigenvalue weighted by Crippen LogP contribution is -2.42. The third-order valence-corrected chi connectivity index (χ3v) is 4.51. The molecule has 1 aliphatic heterocycles. The van der Waals surface area contributed by atoms with Gasteiger partial charge in [0, 0.05) is 4.88 Å². The fourth-order valence-electron chi connectivity index (χ4n) is 1.29. The zero-order valence-corrected chi connectivity index (χ0v) is 11.0. The lowest BCUT2D eigenvalue weighted by atomic mass is 10.4. The SMILES string of the molecule is O=C1CSCC(=O)N1Cc1ccc(Br)s1. The number of thioether (sulfide) groups is 1. The monoisotopic (exact) mass is 305 g/mol. The topological polar surface area (TPSA) is 37.4 Å². The van der Waals surface area contributed by atoms with Crippen LogP contribution in [0.1, 0.15) is 4.88 Å². The van der Waals surface area contributed by atoms with Crippen molar-refractivity contribution in [3.05, 3.63) is 20.8 Å². The molecule has 1 saturated heterocycles. The fraction of sp³-hybridized carbons (Fsp3) is 0.333. The molecule has 2 rings (SSSR count). The Labute approximate surface area is 104 Å². The number of hydrogen-bond donors (Lipinski definition) is 0. The number of carbonyl (C=O) groups excluding carboxylic acids is 2. The lowest BCUT2D eigenvalue weighted by Gasteiger charge is -2.23. The van der Waals surface area contributed by atoms with Gasteiger partial charge in [-0.15, -0.1) is 23.1 Å². The first-order chi connectivity index (χ1) is 7.16. The van der Waals surface area contributed by atoms with Gasteiger partial charge in [0.05, 0.1) is 21.8 Å². The summed E-state index contributed by atoms with van der Waals surface area (Å²) in [5, 5.41) is 0. The van der Waals surface area contributed by atoms with Gasteiger partial charge in [0.25, 0.3) is 0 Å². The quantitative estimate of drug-likeness (QED) is 0.785. The predicted octanol–water partition coefficient (Wildman–Crippen LogP) is 2.11. The van der Waals surface area contributed by atoms with Crippen molar-refractivity contribution in [2.45, 2.75) is 6.54 Å². The number of thiophene rings is 1. The van der Waals surface area contributed by atoms with Crippen molar-refractivity contribution in [2.24, 2.45) is 0 Å². The zero-order valence-electron chi connectivity index (χ0n) is 7.73. The van der Waals surface area contributed by atoms with Gasteiger partial charge in [0.15, 0.2) is 0 Å². The summed E-state index contributed by atoms with van der Waals surface area (Å²) in [6.07, 6.45) is 0. The first kappa shape index (κ1) is 11.2. The highest BCUT2D eigenvalue weighted by molar-refractivity contribution is 9.11. The van der Waals surface area contributed by atoms with Gasteiger partial charge >= 0.3 is 0 Å². The van der Waals surface area contributed by atoms with Gasteiger partial charge < -0.3 is 0 Å². The largest absolute Gasteiger partial charge is 0.276 e. The van der Waals surface area contributed by atoms with Gasteiger partial charge in [-0.05, 0) is 28.1 Å². The number of imide groups is 1. The van der Waals surface area contributed by atoms with Crippen LogP contribution >= 0.6 is 39.0 Å². The third kappa shape index (κ3) is 2.62. The van der Waals surface area contributed by atoms with Crippen LogP contribution in [0.4, 0.5) is 0 Å². The molecule has 1 aliphatic rings. The van der Waals surface area contributed by atoms with Crippen LogP contribution in [0.5, 0.6) is 0 Å². The highest BCUT2D eigenvalue weighted by Gasteiger charge is 2.26. The van der Waals surface area contributed by atoms with E-state index in [1.165, 1.54) is 16.7 Å². The first-order valence-electron chi connectivity index (χ1n) is 4.32. The number of amides is 2. The maximum absolute atomic E-state index is 11.5. The molecule has 80 valence electrons. The highest BCUT2D eigenvalue weighted by Crippen LogP contribution is 2.24. The van der Waals surface area contributed by atoms with Crippen molar-refractivity contribution in [3.8, 4) is 0 Å². The molecule has 2 amide bonds. The van der Waals surface area contributed by atoms with Crippen LogP contribution in [0.25, 0.3) is 0 Å². The van der Waals surface area contributed by atoms with Crippen molar-refractivity contribution in [1.82, 2.24) is 4.90 Å². The van der Waals surface area contributed by atoms with Gasteiger partial charge in [-0.3, -0.25) is 14.5 Å². The van der Waals surface area contributed by atoms with E-state index in [1.807, 2.05) is 12.1 Å². The Morgan fingerprint density at radius 1 is 1.27 bits per heavy atom. The van der Waals surface area contributed by atoms with Gasteiger partial charge in [-0.2, -0.15) is 0 Å². The van der Waals surface area contributed by atoms with E-state index in [1.54, 1.807) is 11.3 Å². The Bertz CT molecular complexity index is 389.